The lowest BCUT2D eigenvalue weighted by Crippen LogP contribution is -2.29. The Morgan fingerprint density at radius 1 is 1.33 bits per heavy atom. The fourth-order valence-corrected chi connectivity index (χ4v) is 2.50. The van der Waals surface area contributed by atoms with Gasteiger partial charge in [0, 0.05) is 24.3 Å². The number of hydrogen-bond acceptors (Lipinski definition) is 3. The van der Waals surface area contributed by atoms with E-state index in [4.69, 9.17) is 0 Å². The molecule has 0 spiro atoms. The Labute approximate surface area is 107 Å². The van der Waals surface area contributed by atoms with Gasteiger partial charge in [0.25, 0.3) is 0 Å². The summed E-state index contributed by atoms with van der Waals surface area (Å²) < 4.78 is 13.6. The van der Waals surface area contributed by atoms with Crippen molar-refractivity contribution in [3.63, 3.8) is 0 Å². The highest BCUT2D eigenvalue weighted by atomic mass is 19.1. The Kier molecular flexibility index (Phi) is 3.88. The Morgan fingerprint density at radius 2 is 2.11 bits per heavy atom. The van der Waals surface area contributed by atoms with Gasteiger partial charge >= 0.3 is 0 Å². The Morgan fingerprint density at radius 3 is 2.83 bits per heavy atom. The van der Waals surface area contributed by atoms with Crippen molar-refractivity contribution in [3.05, 3.63) is 29.6 Å². The molecule has 1 aromatic carbocycles. The normalized spacial score (nSPS) is 25.0. The van der Waals surface area contributed by atoms with E-state index in [1.807, 2.05) is 13.0 Å². The number of aliphatic hydroxyl groups excluding tert-OH is 1. The second kappa shape index (κ2) is 5.24. The zero-order valence-corrected chi connectivity index (χ0v) is 10.7. The van der Waals surface area contributed by atoms with Crippen LogP contribution in [0.15, 0.2) is 18.2 Å². The Bertz CT molecular complexity index is 420. The molecule has 100 valence electrons. The van der Waals surface area contributed by atoms with E-state index in [0.717, 1.165) is 25.1 Å². The lowest BCUT2D eigenvalue weighted by atomic mass is 9.98. The predicted octanol–water partition coefficient (Wildman–Crippen LogP) is 2.06. The third-order valence-corrected chi connectivity index (χ3v) is 3.66. The fraction of sp³-hybridized carbons (Fsp3) is 0.571. The minimum atomic E-state index is -0.637. The zero-order valence-electron chi connectivity index (χ0n) is 10.7. The molecule has 1 heterocycles. The van der Waals surface area contributed by atoms with Gasteiger partial charge in [-0.3, -0.25) is 0 Å². The molecule has 1 aliphatic heterocycles. The van der Waals surface area contributed by atoms with E-state index in [9.17, 15) is 14.6 Å². The maximum Gasteiger partial charge on any atom is 0.130 e. The zero-order chi connectivity index (χ0) is 13.2. The van der Waals surface area contributed by atoms with E-state index in [0.29, 0.717) is 18.5 Å². The van der Waals surface area contributed by atoms with Crippen LogP contribution in [0.5, 0.6) is 0 Å². The van der Waals surface area contributed by atoms with Crippen LogP contribution in [0.2, 0.25) is 0 Å². The third-order valence-electron chi connectivity index (χ3n) is 3.66. The van der Waals surface area contributed by atoms with Crippen LogP contribution in [-0.2, 0) is 6.61 Å². The van der Waals surface area contributed by atoms with Gasteiger partial charge < -0.3 is 15.1 Å². The van der Waals surface area contributed by atoms with Crippen LogP contribution in [0, 0.1) is 5.82 Å². The van der Waals surface area contributed by atoms with Crippen molar-refractivity contribution in [1.29, 1.82) is 0 Å². The molecule has 1 aromatic rings. The number of nitrogens with zero attached hydrogens (tertiary/aromatic N) is 1. The maximum absolute atomic E-state index is 13.6. The molecular weight excluding hydrogens is 233 g/mol. The molecule has 0 saturated carbocycles. The minimum absolute atomic E-state index is 0.297. The molecular formula is C14H20FNO2. The molecule has 1 fully saturated rings. The first-order valence-corrected chi connectivity index (χ1v) is 6.39. The number of anilines is 1. The highest BCUT2D eigenvalue weighted by Gasteiger charge is 2.26. The molecule has 1 aliphatic rings. The molecule has 0 aliphatic carbocycles. The van der Waals surface area contributed by atoms with Gasteiger partial charge in [-0.2, -0.15) is 0 Å². The van der Waals surface area contributed by atoms with Crippen molar-refractivity contribution in [2.75, 3.05) is 18.0 Å². The van der Waals surface area contributed by atoms with Crippen molar-refractivity contribution in [2.24, 2.45) is 0 Å². The van der Waals surface area contributed by atoms with E-state index in [-0.39, 0.29) is 12.4 Å². The fourth-order valence-electron chi connectivity index (χ4n) is 2.50. The van der Waals surface area contributed by atoms with Gasteiger partial charge in [0.1, 0.15) is 5.82 Å². The smallest absolute Gasteiger partial charge is 0.130 e. The summed E-state index contributed by atoms with van der Waals surface area (Å²) in [5, 5.41) is 19.3. The molecule has 2 N–H and O–H groups in total. The number of halogens is 1. The second-order valence-electron chi connectivity index (χ2n) is 5.23. The molecule has 0 radical (unpaired) electrons. The quantitative estimate of drug-likeness (QED) is 0.848. The van der Waals surface area contributed by atoms with Crippen LogP contribution < -0.4 is 4.90 Å². The Hall–Kier alpha value is -1.13. The molecule has 2 rings (SSSR count). The second-order valence-corrected chi connectivity index (χ2v) is 5.23. The predicted molar refractivity (Wildman–Crippen MR) is 69.0 cm³/mol. The summed E-state index contributed by atoms with van der Waals surface area (Å²) in [5.74, 6) is -0.369. The summed E-state index contributed by atoms with van der Waals surface area (Å²) in [4.78, 5) is 2.05. The van der Waals surface area contributed by atoms with Crippen molar-refractivity contribution in [2.45, 2.75) is 38.4 Å². The van der Waals surface area contributed by atoms with Gasteiger partial charge in [-0.1, -0.05) is 6.07 Å². The molecule has 0 bridgehead atoms. The highest BCUT2D eigenvalue weighted by molar-refractivity contribution is 5.54. The summed E-state index contributed by atoms with van der Waals surface area (Å²) in [6.07, 6.45) is 2.29. The molecule has 0 aromatic heterocycles. The number of benzene rings is 1. The van der Waals surface area contributed by atoms with Gasteiger partial charge in [0.05, 0.1) is 12.2 Å². The highest BCUT2D eigenvalue weighted by Crippen LogP contribution is 2.28. The maximum atomic E-state index is 13.6. The van der Waals surface area contributed by atoms with Crippen LogP contribution in [0.4, 0.5) is 10.1 Å². The minimum Gasteiger partial charge on any atom is -0.391 e. The van der Waals surface area contributed by atoms with Crippen molar-refractivity contribution in [1.82, 2.24) is 0 Å². The van der Waals surface area contributed by atoms with Crippen LogP contribution >= 0.6 is 0 Å². The van der Waals surface area contributed by atoms with Gasteiger partial charge in [-0.15, -0.1) is 0 Å². The molecule has 18 heavy (non-hydrogen) atoms. The summed E-state index contributed by atoms with van der Waals surface area (Å²) >= 11 is 0. The number of hydrogen-bond donors (Lipinski definition) is 2. The SMILES string of the molecule is CC1(O)CCCN(c2cccc(F)c2CO)CC1. The largest absolute Gasteiger partial charge is 0.391 e. The van der Waals surface area contributed by atoms with Crippen LogP contribution in [0.1, 0.15) is 31.7 Å². The number of rotatable bonds is 2. The first-order valence-electron chi connectivity index (χ1n) is 6.39. The molecule has 3 nitrogen and oxygen atoms in total. The first kappa shape index (κ1) is 13.3. The van der Waals surface area contributed by atoms with E-state index in [2.05, 4.69) is 4.90 Å². The van der Waals surface area contributed by atoms with Crippen LogP contribution in [0.3, 0.4) is 0 Å². The lowest BCUT2D eigenvalue weighted by Gasteiger charge is -2.26. The lowest BCUT2D eigenvalue weighted by molar-refractivity contribution is 0.0481. The van der Waals surface area contributed by atoms with E-state index in [1.165, 1.54) is 6.07 Å². The molecule has 4 heteroatoms. The third kappa shape index (κ3) is 2.82. The van der Waals surface area contributed by atoms with E-state index in [1.54, 1.807) is 6.07 Å². The summed E-state index contributed by atoms with van der Waals surface area (Å²) in [6.45, 7) is 3.01. The van der Waals surface area contributed by atoms with Crippen molar-refractivity contribution < 1.29 is 14.6 Å². The van der Waals surface area contributed by atoms with E-state index >= 15 is 0 Å². The van der Waals surface area contributed by atoms with Gasteiger partial charge in [0.2, 0.25) is 0 Å². The van der Waals surface area contributed by atoms with E-state index < -0.39 is 5.60 Å². The average molecular weight is 253 g/mol. The Balaban J connectivity index is 2.24. The molecule has 1 unspecified atom stereocenters. The van der Waals surface area contributed by atoms with Gasteiger partial charge in [-0.25, -0.2) is 4.39 Å². The molecule has 0 amide bonds. The molecule has 1 saturated heterocycles. The van der Waals surface area contributed by atoms with Crippen molar-refractivity contribution >= 4 is 5.69 Å². The molecule has 1 atom stereocenters. The standard InChI is InChI=1S/C14H20FNO2/c1-14(18)6-3-8-16(9-7-14)13-5-2-4-12(15)11(13)10-17/h2,4-5,17-18H,3,6-10H2,1H3. The monoisotopic (exact) mass is 253 g/mol. The topological polar surface area (TPSA) is 43.7 Å². The van der Waals surface area contributed by atoms with Crippen molar-refractivity contribution in [3.8, 4) is 0 Å². The first-order chi connectivity index (χ1) is 8.53. The van der Waals surface area contributed by atoms with Crippen LogP contribution in [-0.4, -0.2) is 28.9 Å². The summed E-state index contributed by atoms with van der Waals surface area (Å²) in [7, 11) is 0. The van der Waals surface area contributed by atoms with Gasteiger partial charge in [-0.05, 0) is 38.3 Å². The summed E-state index contributed by atoms with van der Waals surface area (Å²) in [6, 6.07) is 4.85. The van der Waals surface area contributed by atoms with Crippen LogP contribution in [0.25, 0.3) is 0 Å². The number of aliphatic hydroxyl groups is 2. The average Bonchev–Trinajstić information content (AvgIpc) is 2.50. The van der Waals surface area contributed by atoms with Gasteiger partial charge in [0.15, 0.2) is 0 Å². The summed E-state index contributed by atoms with van der Waals surface area (Å²) in [5.41, 5.74) is 0.454.